The quantitative estimate of drug-likeness (QED) is 0.878. The number of hydrogen-bond acceptors (Lipinski definition) is 3. The van der Waals surface area contributed by atoms with Gasteiger partial charge in [0, 0.05) is 6.07 Å². The predicted octanol–water partition coefficient (Wildman–Crippen LogP) is 3.52. The Balaban J connectivity index is 2.26. The Morgan fingerprint density at radius 3 is 2.50 bits per heavy atom. The number of aliphatic hydroxyl groups excluding tert-OH is 1. The summed E-state index contributed by atoms with van der Waals surface area (Å²) in [5.74, 6) is -1.43. The highest BCUT2D eigenvalue weighted by molar-refractivity contribution is 5.32. The molecule has 0 saturated carbocycles. The van der Waals surface area contributed by atoms with Crippen LogP contribution in [0.4, 0.5) is 17.6 Å². The van der Waals surface area contributed by atoms with Gasteiger partial charge in [0.1, 0.15) is 5.69 Å². The van der Waals surface area contributed by atoms with Gasteiger partial charge in [0.05, 0.1) is 6.61 Å². The molecule has 0 aliphatic carbocycles. The zero-order valence-electron chi connectivity index (χ0n) is 9.99. The fourth-order valence-corrected chi connectivity index (χ4v) is 1.47. The third-order valence-electron chi connectivity index (χ3n) is 2.41. The van der Waals surface area contributed by atoms with E-state index in [4.69, 9.17) is 9.84 Å². The molecule has 0 spiro atoms. The van der Waals surface area contributed by atoms with Gasteiger partial charge in [0.15, 0.2) is 11.6 Å². The van der Waals surface area contributed by atoms with Crippen molar-refractivity contribution in [2.45, 2.75) is 12.8 Å². The average molecular weight is 287 g/mol. The van der Waals surface area contributed by atoms with E-state index in [0.717, 1.165) is 18.2 Å². The molecule has 0 fully saturated rings. The van der Waals surface area contributed by atoms with Gasteiger partial charge in [-0.1, -0.05) is 12.1 Å². The molecule has 2 rings (SSSR count). The van der Waals surface area contributed by atoms with Crippen molar-refractivity contribution in [3.8, 4) is 11.6 Å². The Morgan fingerprint density at radius 2 is 1.90 bits per heavy atom. The minimum atomic E-state index is -4.60. The molecule has 20 heavy (non-hydrogen) atoms. The van der Waals surface area contributed by atoms with Gasteiger partial charge < -0.3 is 9.84 Å². The molecule has 0 atom stereocenters. The van der Waals surface area contributed by atoms with E-state index in [0.29, 0.717) is 5.56 Å². The minimum Gasteiger partial charge on any atom is -0.436 e. The van der Waals surface area contributed by atoms with Crippen LogP contribution in [0.25, 0.3) is 0 Å². The summed E-state index contributed by atoms with van der Waals surface area (Å²) >= 11 is 0. The Hall–Kier alpha value is -2.15. The first-order valence-electron chi connectivity index (χ1n) is 5.51. The van der Waals surface area contributed by atoms with Crippen molar-refractivity contribution < 1.29 is 27.4 Å². The van der Waals surface area contributed by atoms with E-state index in [1.54, 1.807) is 0 Å². The van der Waals surface area contributed by atoms with Gasteiger partial charge in [-0.25, -0.2) is 9.37 Å². The Labute approximate surface area is 111 Å². The van der Waals surface area contributed by atoms with Crippen molar-refractivity contribution in [2.75, 3.05) is 0 Å². The number of pyridine rings is 1. The monoisotopic (exact) mass is 287 g/mol. The molecule has 3 nitrogen and oxygen atoms in total. The van der Waals surface area contributed by atoms with E-state index in [1.807, 2.05) is 0 Å². The number of ether oxygens (including phenoxy) is 1. The van der Waals surface area contributed by atoms with E-state index >= 15 is 0 Å². The average Bonchev–Trinajstić information content (AvgIpc) is 2.40. The first-order valence-corrected chi connectivity index (χ1v) is 5.51. The van der Waals surface area contributed by atoms with Crippen LogP contribution in [0.1, 0.15) is 11.3 Å². The van der Waals surface area contributed by atoms with Gasteiger partial charge in [-0.15, -0.1) is 0 Å². The predicted molar refractivity (Wildman–Crippen MR) is 61.6 cm³/mol. The Kier molecular flexibility index (Phi) is 3.89. The molecule has 0 aliphatic heterocycles. The van der Waals surface area contributed by atoms with Gasteiger partial charge in [0.25, 0.3) is 0 Å². The van der Waals surface area contributed by atoms with Gasteiger partial charge >= 0.3 is 6.18 Å². The first kappa shape index (κ1) is 14.3. The van der Waals surface area contributed by atoms with Crippen molar-refractivity contribution in [2.24, 2.45) is 0 Å². The highest BCUT2D eigenvalue weighted by Crippen LogP contribution is 2.30. The van der Waals surface area contributed by atoms with Crippen molar-refractivity contribution in [3.05, 3.63) is 53.5 Å². The zero-order chi connectivity index (χ0) is 14.8. The number of nitrogens with zero attached hydrogens (tertiary/aromatic N) is 1. The number of aliphatic hydroxyl groups is 1. The van der Waals surface area contributed by atoms with Gasteiger partial charge in [-0.3, -0.25) is 0 Å². The largest absolute Gasteiger partial charge is 0.436 e. The lowest BCUT2D eigenvalue weighted by Crippen LogP contribution is -2.08. The topological polar surface area (TPSA) is 42.4 Å². The van der Waals surface area contributed by atoms with Crippen LogP contribution in [-0.4, -0.2) is 10.1 Å². The summed E-state index contributed by atoms with van der Waals surface area (Å²) in [6.45, 7) is -0.348. The first-order chi connectivity index (χ1) is 9.40. The molecule has 0 saturated heterocycles. The summed E-state index contributed by atoms with van der Waals surface area (Å²) in [5, 5.41) is 8.82. The summed E-state index contributed by atoms with van der Waals surface area (Å²) in [6, 6.07) is 6.73. The minimum absolute atomic E-state index is 0.269. The molecule has 7 heteroatoms. The Bertz CT molecular complexity index is 614. The molecule has 1 aromatic carbocycles. The van der Waals surface area contributed by atoms with Crippen molar-refractivity contribution in [1.29, 1.82) is 0 Å². The number of alkyl halides is 3. The molecule has 0 aliphatic rings. The summed E-state index contributed by atoms with van der Waals surface area (Å²) in [5.41, 5.74) is -0.797. The maximum absolute atomic E-state index is 13.6. The van der Waals surface area contributed by atoms with Crippen molar-refractivity contribution >= 4 is 0 Å². The van der Waals surface area contributed by atoms with Crippen LogP contribution in [0, 0.1) is 5.82 Å². The second kappa shape index (κ2) is 5.46. The molecule has 0 radical (unpaired) electrons. The fraction of sp³-hybridized carbons (Fsp3) is 0.154. The second-order valence-corrected chi connectivity index (χ2v) is 3.88. The number of hydrogen-bond donors (Lipinski definition) is 1. The van der Waals surface area contributed by atoms with E-state index in [9.17, 15) is 17.6 Å². The number of benzene rings is 1. The summed E-state index contributed by atoms with van der Waals surface area (Å²) < 4.78 is 55.9. The summed E-state index contributed by atoms with van der Waals surface area (Å²) in [7, 11) is 0. The molecular weight excluding hydrogens is 278 g/mol. The zero-order valence-corrected chi connectivity index (χ0v) is 9.99. The lowest BCUT2D eigenvalue weighted by Gasteiger charge is -2.09. The van der Waals surface area contributed by atoms with E-state index in [2.05, 4.69) is 4.98 Å². The van der Waals surface area contributed by atoms with Crippen molar-refractivity contribution in [3.63, 3.8) is 0 Å². The van der Waals surface area contributed by atoms with Crippen LogP contribution in [-0.2, 0) is 12.8 Å². The molecular formula is C13H9F4NO2. The van der Waals surface area contributed by atoms with Crippen LogP contribution in [0.2, 0.25) is 0 Å². The molecule has 1 N–H and O–H groups in total. The maximum Gasteiger partial charge on any atom is 0.433 e. The fourth-order valence-electron chi connectivity index (χ4n) is 1.47. The van der Waals surface area contributed by atoms with Gasteiger partial charge in [0.2, 0.25) is 5.88 Å². The van der Waals surface area contributed by atoms with Crippen LogP contribution >= 0.6 is 0 Å². The summed E-state index contributed by atoms with van der Waals surface area (Å²) in [4.78, 5) is 3.26. The molecule has 1 heterocycles. The van der Waals surface area contributed by atoms with Crippen LogP contribution in [0.5, 0.6) is 11.6 Å². The normalized spacial score (nSPS) is 11.4. The van der Waals surface area contributed by atoms with Gasteiger partial charge in [-0.2, -0.15) is 13.2 Å². The number of aromatic nitrogens is 1. The van der Waals surface area contributed by atoms with Crippen LogP contribution in [0.15, 0.2) is 36.4 Å². The molecule has 0 amide bonds. The molecule has 0 unspecified atom stereocenters. The third kappa shape index (κ3) is 3.24. The smallest absolute Gasteiger partial charge is 0.433 e. The number of rotatable bonds is 3. The van der Waals surface area contributed by atoms with E-state index in [1.165, 1.54) is 18.2 Å². The lowest BCUT2D eigenvalue weighted by molar-refractivity contribution is -0.141. The molecule has 0 bridgehead atoms. The maximum atomic E-state index is 13.6. The highest BCUT2D eigenvalue weighted by Gasteiger charge is 2.32. The number of halogens is 4. The lowest BCUT2D eigenvalue weighted by atomic mass is 10.2. The summed E-state index contributed by atoms with van der Waals surface area (Å²) in [6.07, 6.45) is -4.60. The van der Waals surface area contributed by atoms with Crippen LogP contribution < -0.4 is 4.74 Å². The third-order valence-corrected chi connectivity index (χ3v) is 2.41. The van der Waals surface area contributed by atoms with Gasteiger partial charge in [-0.05, 0) is 23.8 Å². The van der Waals surface area contributed by atoms with E-state index < -0.39 is 17.7 Å². The molecule has 106 valence electrons. The highest BCUT2D eigenvalue weighted by atomic mass is 19.4. The van der Waals surface area contributed by atoms with Crippen LogP contribution in [0.3, 0.4) is 0 Å². The molecule has 1 aromatic heterocycles. The standard InChI is InChI=1S/C13H9F4NO2/c14-9-6-8(7-19)4-5-10(9)20-12-3-1-2-11(18-12)13(15,16)17/h1-6,19H,7H2. The SMILES string of the molecule is OCc1ccc(Oc2cccc(C(F)(F)F)n2)c(F)c1. The Morgan fingerprint density at radius 1 is 1.15 bits per heavy atom. The molecule has 2 aromatic rings. The van der Waals surface area contributed by atoms with Crippen molar-refractivity contribution in [1.82, 2.24) is 4.98 Å². The second-order valence-electron chi connectivity index (χ2n) is 3.88. The van der Waals surface area contributed by atoms with E-state index in [-0.39, 0.29) is 18.2 Å².